The second-order valence-electron chi connectivity index (χ2n) is 4.14. The van der Waals surface area contributed by atoms with Gasteiger partial charge in [-0.3, -0.25) is 0 Å². The molecule has 0 aliphatic rings. The van der Waals surface area contributed by atoms with Crippen molar-refractivity contribution in [2.75, 3.05) is 0 Å². The van der Waals surface area contributed by atoms with E-state index in [1.54, 1.807) is 0 Å². The van der Waals surface area contributed by atoms with Crippen molar-refractivity contribution in [1.29, 1.82) is 0 Å². The van der Waals surface area contributed by atoms with Crippen molar-refractivity contribution in [3.63, 3.8) is 0 Å². The zero-order valence-electron chi connectivity index (χ0n) is 13.3. The molecule has 120 valence electrons. The summed E-state index contributed by atoms with van der Waals surface area (Å²) in [7, 11) is -15.4. The third-order valence-corrected chi connectivity index (χ3v) is 5.49. The van der Waals surface area contributed by atoms with E-state index in [9.17, 15) is 38.9 Å². The molecule has 0 aliphatic carbocycles. The molecule has 0 N–H and O–H groups in total. The van der Waals surface area contributed by atoms with Crippen LogP contribution in [0.1, 0.15) is 0 Å². The van der Waals surface area contributed by atoms with Gasteiger partial charge in [0.25, 0.3) is 0 Å². The van der Waals surface area contributed by atoms with Gasteiger partial charge in [-0.25, -0.2) is 25.3 Å². The minimum Gasteiger partial charge on any atom is -0.744 e. The van der Waals surface area contributed by atoms with Crippen LogP contribution in [0.2, 0.25) is 0 Å². The number of fused-ring (bicyclic) bond motifs is 1. The number of benzene rings is 2. The first-order chi connectivity index (χ1) is 9.82. The van der Waals surface area contributed by atoms with Crippen LogP contribution in [0.5, 0.6) is 0 Å². The summed E-state index contributed by atoms with van der Waals surface area (Å²) in [5, 5.41) is -0.668. The third kappa shape index (κ3) is 6.76. The summed E-state index contributed by atoms with van der Waals surface area (Å²) in [4.78, 5) is -3.23. The van der Waals surface area contributed by atoms with Crippen LogP contribution >= 0.6 is 0 Å². The largest absolute Gasteiger partial charge is 1.00 e. The van der Waals surface area contributed by atoms with Crippen LogP contribution in [0, 0.1) is 0 Å². The van der Waals surface area contributed by atoms with Crippen LogP contribution in [0.15, 0.2) is 45.0 Å². The van der Waals surface area contributed by atoms with Gasteiger partial charge in [-0.15, -0.1) is 0 Å². The van der Waals surface area contributed by atoms with Gasteiger partial charge in [-0.1, -0.05) is 12.1 Å². The summed E-state index contributed by atoms with van der Waals surface area (Å²) in [5.41, 5.74) is 0. The molecule has 0 radical (unpaired) electrons. The monoisotopic (exact) mass is 434 g/mol. The number of rotatable bonds is 3. The molecule has 0 fully saturated rings. The van der Waals surface area contributed by atoms with Gasteiger partial charge in [0.15, 0.2) is 0 Å². The summed E-state index contributed by atoms with van der Waals surface area (Å²) in [5.74, 6) is 0. The fraction of sp³-hybridized carbons (Fsp3) is 0. The molecule has 0 spiro atoms. The molecule has 0 saturated carbocycles. The Kier molecular flexibility index (Phi) is 11.2. The summed E-state index contributed by atoms with van der Waals surface area (Å²) in [6, 6.07) is 3.74. The van der Waals surface area contributed by atoms with Crippen molar-refractivity contribution in [2.24, 2.45) is 0 Å². The minimum absolute atomic E-state index is 0. The first-order valence-electron chi connectivity index (χ1n) is 5.26. The number of hydrogen-bond acceptors (Lipinski definition) is 9. The van der Waals surface area contributed by atoms with Crippen LogP contribution in [-0.4, -0.2) is 38.9 Å². The topological polar surface area (TPSA) is 172 Å². The molecule has 2 aromatic rings. The molecule has 2 rings (SSSR count). The normalized spacial score (nSPS) is 11.8. The van der Waals surface area contributed by atoms with Gasteiger partial charge in [0.2, 0.25) is 0 Å². The van der Waals surface area contributed by atoms with Gasteiger partial charge in [-0.05, 0) is 23.6 Å². The van der Waals surface area contributed by atoms with Gasteiger partial charge in [-0.2, -0.15) is 0 Å². The van der Waals surface area contributed by atoms with Crippen LogP contribution in [0.3, 0.4) is 0 Å². The molecule has 0 heterocycles. The second-order valence-corrected chi connectivity index (χ2v) is 8.18. The molecule has 0 unspecified atom stereocenters. The van der Waals surface area contributed by atoms with E-state index in [4.69, 9.17) is 0 Å². The Morgan fingerprint density at radius 2 is 1.16 bits per heavy atom. The molecule has 0 aromatic heterocycles. The van der Waals surface area contributed by atoms with E-state index in [0.29, 0.717) is 12.1 Å². The fourth-order valence-electron chi connectivity index (χ4n) is 1.87. The average molecular weight is 434 g/mol. The first-order valence-corrected chi connectivity index (χ1v) is 9.49. The van der Waals surface area contributed by atoms with Crippen molar-refractivity contribution in [3.8, 4) is 0 Å². The van der Waals surface area contributed by atoms with E-state index in [1.807, 2.05) is 0 Å². The van der Waals surface area contributed by atoms with Gasteiger partial charge in [0.05, 0.1) is 14.7 Å². The maximum atomic E-state index is 11.3. The second kappa shape index (κ2) is 9.76. The standard InChI is InChI=1S/C10H8O9S3.3Na/c11-20(12,13)7-2-3-8-6(5-7)1-4-9(21(14,15)16)10(8)22(17,18)19;;;/h1-5H,(H,11,12,13)(H,14,15,16)(H,17,18,19);;;/q;3*+1/p-3. The molecule has 0 bridgehead atoms. The molecule has 0 aliphatic heterocycles. The fourth-order valence-corrected chi connectivity index (χ4v) is 4.33. The number of hydrogen-bond donors (Lipinski definition) is 0. The Balaban J connectivity index is 0. The van der Waals surface area contributed by atoms with E-state index >= 15 is 0 Å². The van der Waals surface area contributed by atoms with Crippen LogP contribution in [0.25, 0.3) is 10.8 Å². The zero-order valence-corrected chi connectivity index (χ0v) is 21.7. The first kappa shape index (κ1) is 28.6. The summed E-state index contributed by atoms with van der Waals surface area (Å²) in [6.45, 7) is 0. The molecule has 0 amide bonds. The van der Waals surface area contributed by atoms with Crippen molar-refractivity contribution in [3.05, 3.63) is 30.3 Å². The van der Waals surface area contributed by atoms with Crippen LogP contribution < -0.4 is 88.7 Å². The molecule has 2 aromatic carbocycles. The van der Waals surface area contributed by atoms with E-state index in [2.05, 4.69) is 0 Å². The maximum Gasteiger partial charge on any atom is 1.00 e. The van der Waals surface area contributed by atoms with Gasteiger partial charge >= 0.3 is 88.7 Å². The SMILES string of the molecule is O=S(=O)([O-])c1ccc2c(S(=O)(=O)[O-])c(S(=O)(=O)[O-])ccc2c1.[Na+].[Na+].[Na+]. The van der Waals surface area contributed by atoms with E-state index in [0.717, 1.165) is 18.2 Å². The Labute approximate surface area is 210 Å². The van der Waals surface area contributed by atoms with Crippen molar-refractivity contribution >= 4 is 41.1 Å². The van der Waals surface area contributed by atoms with E-state index in [-0.39, 0.29) is 94.1 Å². The van der Waals surface area contributed by atoms with E-state index in [1.165, 1.54) is 0 Å². The van der Waals surface area contributed by atoms with Crippen molar-refractivity contribution in [2.45, 2.75) is 14.7 Å². The Morgan fingerprint density at radius 3 is 1.56 bits per heavy atom. The molecule has 15 heteroatoms. The maximum absolute atomic E-state index is 11.3. The van der Waals surface area contributed by atoms with E-state index < -0.39 is 50.4 Å². The van der Waals surface area contributed by atoms with Gasteiger partial charge < -0.3 is 13.7 Å². The molecule has 0 atom stereocenters. The average Bonchev–Trinajstić information content (AvgIpc) is 2.33. The third-order valence-electron chi connectivity index (χ3n) is 2.71. The minimum atomic E-state index is -5.35. The Hall–Kier alpha value is 1.43. The van der Waals surface area contributed by atoms with Crippen molar-refractivity contribution in [1.82, 2.24) is 0 Å². The van der Waals surface area contributed by atoms with Gasteiger partial charge in [0, 0.05) is 5.39 Å². The summed E-state index contributed by atoms with van der Waals surface area (Å²) >= 11 is 0. The van der Waals surface area contributed by atoms with Crippen LogP contribution in [0.4, 0.5) is 0 Å². The predicted octanol–water partition coefficient (Wildman–Crippen LogP) is -9.44. The summed E-state index contributed by atoms with van der Waals surface area (Å²) < 4.78 is 99.7. The molecule has 25 heavy (non-hydrogen) atoms. The predicted molar refractivity (Wildman–Crippen MR) is 67.8 cm³/mol. The Bertz CT molecular complexity index is 1090. The zero-order chi connectivity index (χ0) is 16.9. The Morgan fingerprint density at radius 1 is 0.640 bits per heavy atom. The molecular formula is C10H5Na3O9S3. The van der Waals surface area contributed by atoms with Crippen LogP contribution in [-0.2, 0) is 30.4 Å². The van der Waals surface area contributed by atoms with Crippen molar-refractivity contribution < 1.29 is 128 Å². The molecular weight excluding hydrogens is 429 g/mol. The summed E-state index contributed by atoms with van der Waals surface area (Å²) in [6.07, 6.45) is 0. The molecule has 0 saturated heterocycles. The molecule has 9 nitrogen and oxygen atoms in total. The quantitative estimate of drug-likeness (QED) is 0.336. The smallest absolute Gasteiger partial charge is 0.744 e. The van der Waals surface area contributed by atoms with Gasteiger partial charge in [0.1, 0.15) is 30.4 Å².